The molecule has 0 aliphatic carbocycles. The molecule has 0 spiro atoms. The van der Waals surface area contributed by atoms with E-state index in [4.69, 9.17) is 11.6 Å². The standard InChI is InChI=1S/C22H20ClN5O2/c1-13-7-4-5-8-16(13)21-25-22-27(14(2)11-20(30)28(22)26-21)12-19(29)24-18-10-6-9-17(23)15(18)3/h4-11H,12H2,1-3H3,(H,24,29). The SMILES string of the molecule is Cc1ccccc1-c1nc2n(CC(=O)Nc3cccc(Cl)c3C)c(C)cc(=O)n2n1. The predicted molar refractivity (Wildman–Crippen MR) is 117 cm³/mol. The maximum absolute atomic E-state index is 12.7. The van der Waals surface area contributed by atoms with E-state index < -0.39 is 0 Å². The summed E-state index contributed by atoms with van der Waals surface area (Å²) in [5.41, 5.74) is 3.59. The van der Waals surface area contributed by atoms with Crippen LogP contribution in [0.25, 0.3) is 17.2 Å². The Morgan fingerprint density at radius 1 is 1.10 bits per heavy atom. The lowest BCUT2D eigenvalue weighted by molar-refractivity contribution is -0.116. The lowest BCUT2D eigenvalue weighted by Crippen LogP contribution is -2.25. The zero-order valence-electron chi connectivity index (χ0n) is 16.8. The molecule has 0 saturated carbocycles. The third-order valence-electron chi connectivity index (χ3n) is 5.03. The topological polar surface area (TPSA) is 81.3 Å². The zero-order chi connectivity index (χ0) is 21.4. The number of rotatable bonds is 4. The number of aryl methyl sites for hydroxylation is 2. The van der Waals surface area contributed by atoms with Crippen molar-refractivity contribution in [2.75, 3.05) is 5.32 Å². The van der Waals surface area contributed by atoms with Gasteiger partial charge in [0, 0.05) is 28.0 Å². The fraction of sp³-hybridized carbons (Fsp3) is 0.182. The van der Waals surface area contributed by atoms with Crippen LogP contribution in [0, 0.1) is 20.8 Å². The smallest absolute Gasteiger partial charge is 0.275 e. The van der Waals surface area contributed by atoms with E-state index in [0.717, 1.165) is 16.7 Å². The van der Waals surface area contributed by atoms with E-state index in [0.29, 0.717) is 28.0 Å². The van der Waals surface area contributed by atoms with Crippen LogP contribution in [0.4, 0.5) is 5.69 Å². The Hall–Kier alpha value is -3.45. The number of aromatic nitrogens is 4. The molecular formula is C22H20ClN5O2. The largest absolute Gasteiger partial charge is 0.324 e. The van der Waals surface area contributed by atoms with E-state index in [9.17, 15) is 9.59 Å². The van der Waals surface area contributed by atoms with Gasteiger partial charge in [-0.1, -0.05) is 41.9 Å². The van der Waals surface area contributed by atoms with Gasteiger partial charge in [-0.2, -0.15) is 9.50 Å². The summed E-state index contributed by atoms with van der Waals surface area (Å²) < 4.78 is 2.90. The molecule has 0 atom stereocenters. The van der Waals surface area contributed by atoms with Gasteiger partial charge in [-0.25, -0.2) is 0 Å². The first-order valence-corrected chi connectivity index (χ1v) is 9.81. The van der Waals surface area contributed by atoms with E-state index in [1.165, 1.54) is 10.6 Å². The van der Waals surface area contributed by atoms with Crippen LogP contribution >= 0.6 is 11.6 Å². The normalized spacial score (nSPS) is 11.1. The number of hydrogen-bond acceptors (Lipinski definition) is 4. The number of nitrogens with zero attached hydrogens (tertiary/aromatic N) is 4. The van der Waals surface area contributed by atoms with Crippen molar-refractivity contribution in [1.29, 1.82) is 0 Å². The number of benzene rings is 2. The van der Waals surface area contributed by atoms with Crippen molar-refractivity contribution in [3.05, 3.63) is 80.7 Å². The van der Waals surface area contributed by atoms with Gasteiger partial charge >= 0.3 is 0 Å². The first-order chi connectivity index (χ1) is 14.3. The van der Waals surface area contributed by atoms with Crippen molar-refractivity contribution in [3.63, 3.8) is 0 Å². The molecule has 4 rings (SSSR count). The van der Waals surface area contributed by atoms with Crippen molar-refractivity contribution in [3.8, 4) is 11.4 Å². The number of fused-ring (bicyclic) bond motifs is 1. The summed E-state index contributed by atoms with van der Waals surface area (Å²) >= 11 is 6.14. The number of hydrogen-bond donors (Lipinski definition) is 1. The highest BCUT2D eigenvalue weighted by Crippen LogP contribution is 2.23. The number of carbonyl (C=O) groups is 1. The van der Waals surface area contributed by atoms with Crippen LogP contribution < -0.4 is 10.9 Å². The summed E-state index contributed by atoms with van der Waals surface area (Å²) in [7, 11) is 0. The molecule has 0 saturated heterocycles. The fourth-order valence-corrected chi connectivity index (χ4v) is 3.49. The summed E-state index contributed by atoms with van der Waals surface area (Å²) in [6, 6.07) is 14.5. The molecule has 0 aliphatic heterocycles. The Labute approximate surface area is 178 Å². The number of anilines is 1. The first-order valence-electron chi connectivity index (χ1n) is 9.43. The predicted octanol–water partition coefficient (Wildman–Crippen LogP) is 3.78. The van der Waals surface area contributed by atoms with Crippen molar-refractivity contribution in [2.24, 2.45) is 0 Å². The first kappa shape index (κ1) is 19.8. The lowest BCUT2D eigenvalue weighted by Gasteiger charge is -2.13. The summed E-state index contributed by atoms with van der Waals surface area (Å²) in [6.07, 6.45) is 0. The van der Waals surface area contributed by atoms with Gasteiger partial charge in [0.05, 0.1) is 0 Å². The highest BCUT2D eigenvalue weighted by molar-refractivity contribution is 6.31. The van der Waals surface area contributed by atoms with E-state index in [-0.39, 0.29) is 18.0 Å². The molecular weight excluding hydrogens is 402 g/mol. The molecule has 8 heteroatoms. The molecule has 4 aromatic rings. The van der Waals surface area contributed by atoms with Gasteiger partial charge in [-0.15, -0.1) is 5.10 Å². The van der Waals surface area contributed by atoms with Crippen LogP contribution in [0.5, 0.6) is 0 Å². The highest BCUT2D eigenvalue weighted by Gasteiger charge is 2.17. The Kier molecular flexibility index (Phi) is 5.13. The van der Waals surface area contributed by atoms with Crippen LogP contribution in [0.1, 0.15) is 16.8 Å². The molecule has 0 radical (unpaired) electrons. The number of carbonyl (C=O) groups excluding carboxylic acids is 1. The molecule has 7 nitrogen and oxygen atoms in total. The van der Waals surface area contributed by atoms with Gasteiger partial charge in [-0.3, -0.25) is 9.59 Å². The van der Waals surface area contributed by atoms with Crippen molar-refractivity contribution in [1.82, 2.24) is 19.2 Å². The maximum atomic E-state index is 12.7. The van der Waals surface area contributed by atoms with Gasteiger partial charge in [0.1, 0.15) is 6.54 Å². The van der Waals surface area contributed by atoms with Crippen LogP contribution in [-0.2, 0) is 11.3 Å². The molecule has 152 valence electrons. The van der Waals surface area contributed by atoms with Gasteiger partial charge < -0.3 is 9.88 Å². The van der Waals surface area contributed by atoms with Crippen molar-refractivity contribution < 1.29 is 4.79 Å². The molecule has 0 bridgehead atoms. The minimum Gasteiger partial charge on any atom is -0.324 e. The molecule has 1 N–H and O–H groups in total. The minimum atomic E-state index is -0.294. The monoisotopic (exact) mass is 421 g/mol. The van der Waals surface area contributed by atoms with Gasteiger partial charge in [0.15, 0.2) is 5.82 Å². The van der Waals surface area contributed by atoms with Crippen LogP contribution in [0.15, 0.2) is 53.3 Å². The molecule has 2 aromatic heterocycles. The van der Waals surface area contributed by atoms with Crippen LogP contribution in [0.2, 0.25) is 5.02 Å². The zero-order valence-corrected chi connectivity index (χ0v) is 17.6. The second-order valence-electron chi connectivity index (χ2n) is 7.13. The molecule has 0 fully saturated rings. The molecule has 2 aromatic carbocycles. The molecule has 30 heavy (non-hydrogen) atoms. The third kappa shape index (κ3) is 3.59. The Morgan fingerprint density at radius 3 is 2.63 bits per heavy atom. The molecule has 0 aliphatic rings. The lowest BCUT2D eigenvalue weighted by atomic mass is 10.1. The molecule has 1 amide bonds. The summed E-state index contributed by atoms with van der Waals surface area (Å²) in [5, 5.41) is 7.84. The quantitative estimate of drug-likeness (QED) is 0.543. The number of nitrogens with one attached hydrogen (secondary N) is 1. The Morgan fingerprint density at radius 2 is 1.87 bits per heavy atom. The van der Waals surface area contributed by atoms with Gasteiger partial charge in [-0.05, 0) is 44.0 Å². The Bertz CT molecular complexity index is 1340. The average molecular weight is 422 g/mol. The minimum absolute atomic E-state index is 0.0204. The Balaban J connectivity index is 1.73. The molecule has 2 heterocycles. The van der Waals surface area contributed by atoms with Crippen molar-refractivity contribution in [2.45, 2.75) is 27.3 Å². The molecule has 0 unspecified atom stereocenters. The number of halogens is 1. The third-order valence-corrected chi connectivity index (χ3v) is 5.44. The van der Waals surface area contributed by atoms with E-state index in [1.54, 1.807) is 29.7 Å². The van der Waals surface area contributed by atoms with Gasteiger partial charge in [0.2, 0.25) is 11.7 Å². The average Bonchev–Trinajstić information content (AvgIpc) is 3.15. The van der Waals surface area contributed by atoms with Crippen LogP contribution in [0.3, 0.4) is 0 Å². The fourth-order valence-electron chi connectivity index (χ4n) is 3.31. The summed E-state index contributed by atoms with van der Waals surface area (Å²) in [4.78, 5) is 29.8. The van der Waals surface area contributed by atoms with E-state index >= 15 is 0 Å². The summed E-state index contributed by atoms with van der Waals surface area (Å²) in [5.74, 6) is 0.501. The second-order valence-corrected chi connectivity index (χ2v) is 7.54. The van der Waals surface area contributed by atoms with Gasteiger partial charge in [0.25, 0.3) is 5.56 Å². The maximum Gasteiger partial charge on any atom is 0.275 e. The highest BCUT2D eigenvalue weighted by atomic mass is 35.5. The number of amides is 1. The van der Waals surface area contributed by atoms with Crippen LogP contribution in [-0.4, -0.2) is 25.1 Å². The van der Waals surface area contributed by atoms with Crippen molar-refractivity contribution >= 4 is 29.0 Å². The van der Waals surface area contributed by atoms with E-state index in [2.05, 4.69) is 15.4 Å². The second kappa shape index (κ2) is 7.76. The van der Waals surface area contributed by atoms with E-state index in [1.807, 2.05) is 38.1 Å². The summed E-state index contributed by atoms with van der Waals surface area (Å²) in [6.45, 7) is 5.54.